The molecule has 1 aromatic rings. The van der Waals surface area contributed by atoms with Gasteiger partial charge >= 0.3 is 7.12 Å². The first kappa shape index (κ1) is 16.1. The Bertz CT molecular complexity index is 521. The van der Waals surface area contributed by atoms with Gasteiger partial charge in [-0.2, -0.15) is 0 Å². The van der Waals surface area contributed by atoms with Crippen molar-refractivity contribution >= 4 is 18.9 Å². The van der Waals surface area contributed by atoms with Crippen LogP contribution in [-0.4, -0.2) is 30.7 Å². The van der Waals surface area contributed by atoms with Gasteiger partial charge in [0, 0.05) is 0 Å². The highest BCUT2D eigenvalue weighted by Crippen LogP contribution is 2.36. The SMILES string of the molecule is CC(C)Oc1ccc(B2OC(C)(C)C(C)(C)O2)cc1C=O. The van der Waals surface area contributed by atoms with E-state index in [0.717, 1.165) is 11.7 Å². The summed E-state index contributed by atoms with van der Waals surface area (Å²) in [5, 5.41) is 0. The van der Waals surface area contributed by atoms with Crippen LogP contribution in [0.25, 0.3) is 0 Å². The summed E-state index contributed by atoms with van der Waals surface area (Å²) < 4.78 is 17.6. The molecule has 4 nitrogen and oxygen atoms in total. The molecule has 0 bridgehead atoms. The molecule has 1 heterocycles. The fourth-order valence-corrected chi connectivity index (χ4v) is 2.15. The van der Waals surface area contributed by atoms with Gasteiger partial charge in [0.2, 0.25) is 0 Å². The molecule has 21 heavy (non-hydrogen) atoms. The van der Waals surface area contributed by atoms with Crippen LogP contribution in [-0.2, 0) is 9.31 Å². The first-order valence-electron chi connectivity index (χ1n) is 7.28. The second kappa shape index (κ2) is 5.46. The standard InChI is InChI=1S/C16H23BO4/c1-11(2)19-14-8-7-13(9-12(14)10-18)17-20-15(3,4)16(5,6)21-17/h7-11H,1-6H3. The Hall–Kier alpha value is -1.33. The molecule has 0 N–H and O–H groups in total. The minimum Gasteiger partial charge on any atom is -0.490 e. The molecule has 0 atom stereocenters. The Kier molecular flexibility index (Phi) is 4.18. The number of ether oxygens (including phenoxy) is 1. The molecule has 0 spiro atoms. The zero-order valence-corrected chi connectivity index (χ0v) is 13.6. The fourth-order valence-electron chi connectivity index (χ4n) is 2.15. The van der Waals surface area contributed by atoms with Crippen molar-refractivity contribution in [3.63, 3.8) is 0 Å². The van der Waals surface area contributed by atoms with Gasteiger partial charge in [-0.3, -0.25) is 4.79 Å². The van der Waals surface area contributed by atoms with Crippen molar-refractivity contribution in [1.29, 1.82) is 0 Å². The molecule has 0 saturated carbocycles. The van der Waals surface area contributed by atoms with E-state index in [9.17, 15) is 4.79 Å². The van der Waals surface area contributed by atoms with Crippen molar-refractivity contribution in [2.24, 2.45) is 0 Å². The smallest absolute Gasteiger partial charge is 0.490 e. The highest BCUT2D eigenvalue weighted by atomic mass is 16.7. The molecule has 0 radical (unpaired) electrons. The predicted octanol–water partition coefficient (Wildman–Crippen LogP) is 2.59. The minimum atomic E-state index is -0.471. The van der Waals surface area contributed by atoms with Crippen molar-refractivity contribution in [3.05, 3.63) is 23.8 Å². The largest absolute Gasteiger partial charge is 0.494 e. The average Bonchev–Trinajstić information content (AvgIpc) is 2.58. The van der Waals surface area contributed by atoms with E-state index in [1.165, 1.54) is 0 Å². The van der Waals surface area contributed by atoms with E-state index in [1.54, 1.807) is 12.1 Å². The van der Waals surface area contributed by atoms with E-state index in [2.05, 4.69) is 0 Å². The summed E-state index contributed by atoms with van der Waals surface area (Å²) in [6.45, 7) is 11.9. The molecular formula is C16H23BO4. The van der Waals surface area contributed by atoms with E-state index >= 15 is 0 Å². The van der Waals surface area contributed by atoms with Crippen LogP contribution < -0.4 is 10.2 Å². The normalized spacial score (nSPS) is 19.9. The van der Waals surface area contributed by atoms with Crippen LogP contribution in [0.5, 0.6) is 5.75 Å². The first-order chi connectivity index (χ1) is 9.66. The van der Waals surface area contributed by atoms with Crippen LogP contribution in [0.15, 0.2) is 18.2 Å². The third-order valence-corrected chi connectivity index (χ3v) is 4.05. The van der Waals surface area contributed by atoms with Crippen molar-refractivity contribution in [1.82, 2.24) is 0 Å². The highest BCUT2D eigenvalue weighted by Gasteiger charge is 2.51. The number of rotatable bonds is 4. The van der Waals surface area contributed by atoms with Gasteiger partial charge in [-0.05, 0) is 59.1 Å². The van der Waals surface area contributed by atoms with Crippen molar-refractivity contribution < 1.29 is 18.8 Å². The summed E-state index contributed by atoms with van der Waals surface area (Å²) in [4.78, 5) is 11.3. The molecule has 1 aromatic carbocycles. The Labute approximate surface area is 126 Å². The number of carbonyl (C=O) groups excluding carboxylic acids is 1. The Morgan fingerprint density at radius 3 is 2.19 bits per heavy atom. The number of benzene rings is 1. The number of carbonyl (C=O) groups is 1. The van der Waals surface area contributed by atoms with E-state index < -0.39 is 18.3 Å². The van der Waals surface area contributed by atoms with Gasteiger partial charge in [-0.25, -0.2) is 0 Å². The third-order valence-electron chi connectivity index (χ3n) is 4.05. The van der Waals surface area contributed by atoms with Gasteiger partial charge in [0.15, 0.2) is 6.29 Å². The molecule has 1 saturated heterocycles. The van der Waals surface area contributed by atoms with Crippen molar-refractivity contribution in [2.45, 2.75) is 58.8 Å². The molecule has 0 unspecified atom stereocenters. The summed E-state index contributed by atoms with van der Waals surface area (Å²) in [5.74, 6) is 0.584. The fraction of sp³-hybridized carbons (Fsp3) is 0.562. The molecule has 0 aromatic heterocycles. The topological polar surface area (TPSA) is 44.8 Å². The quantitative estimate of drug-likeness (QED) is 0.631. The lowest BCUT2D eigenvalue weighted by Gasteiger charge is -2.32. The molecular weight excluding hydrogens is 267 g/mol. The summed E-state index contributed by atoms with van der Waals surface area (Å²) in [7, 11) is -0.471. The molecule has 5 heteroatoms. The molecule has 1 fully saturated rings. The lowest BCUT2D eigenvalue weighted by molar-refractivity contribution is 0.00578. The van der Waals surface area contributed by atoms with Gasteiger partial charge in [0.05, 0.1) is 22.9 Å². The molecule has 0 aliphatic carbocycles. The maximum absolute atomic E-state index is 11.3. The lowest BCUT2D eigenvalue weighted by atomic mass is 9.78. The van der Waals surface area contributed by atoms with Crippen LogP contribution in [0, 0.1) is 0 Å². The number of hydrogen-bond donors (Lipinski definition) is 0. The Morgan fingerprint density at radius 2 is 1.71 bits per heavy atom. The minimum absolute atomic E-state index is 0.0198. The van der Waals surface area contributed by atoms with Gasteiger partial charge < -0.3 is 14.0 Å². The van der Waals surface area contributed by atoms with E-state index in [0.29, 0.717) is 11.3 Å². The van der Waals surface area contributed by atoms with Gasteiger partial charge in [0.25, 0.3) is 0 Å². The zero-order valence-electron chi connectivity index (χ0n) is 13.6. The van der Waals surface area contributed by atoms with Crippen LogP contribution in [0.2, 0.25) is 0 Å². The van der Waals surface area contributed by atoms with Crippen LogP contribution in [0.3, 0.4) is 0 Å². The lowest BCUT2D eigenvalue weighted by Crippen LogP contribution is -2.41. The summed E-state index contributed by atoms with van der Waals surface area (Å²) >= 11 is 0. The molecule has 0 amide bonds. The Balaban J connectivity index is 2.29. The number of hydrogen-bond acceptors (Lipinski definition) is 4. The van der Waals surface area contributed by atoms with Crippen LogP contribution in [0.1, 0.15) is 51.9 Å². The second-order valence-corrected chi connectivity index (χ2v) is 6.67. The van der Waals surface area contributed by atoms with Crippen molar-refractivity contribution in [3.8, 4) is 5.75 Å². The zero-order chi connectivity index (χ0) is 15.8. The maximum Gasteiger partial charge on any atom is 0.494 e. The summed E-state index contributed by atoms with van der Waals surface area (Å²) in [6.07, 6.45) is 0.818. The summed E-state index contributed by atoms with van der Waals surface area (Å²) in [6, 6.07) is 5.45. The maximum atomic E-state index is 11.3. The monoisotopic (exact) mass is 290 g/mol. The highest BCUT2D eigenvalue weighted by molar-refractivity contribution is 6.62. The van der Waals surface area contributed by atoms with E-state index in [1.807, 2.05) is 47.6 Å². The average molecular weight is 290 g/mol. The van der Waals surface area contributed by atoms with Crippen LogP contribution >= 0.6 is 0 Å². The predicted molar refractivity (Wildman–Crippen MR) is 83.3 cm³/mol. The molecule has 2 rings (SSSR count). The van der Waals surface area contributed by atoms with Gasteiger partial charge in [0.1, 0.15) is 5.75 Å². The van der Waals surface area contributed by atoms with Gasteiger partial charge in [-0.1, -0.05) is 6.07 Å². The molecule has 1 aliphatic rings. The molecule has 114 valence electrons. The van der Waals surface area contributed by atoms with Crippen molar-refractivity contribution in [2.75, 3.05) is 0 Å². The van der Waals surface area contributed by atoms with Crippen LogP contribution in [0.4, 0.5) is 0 Å². The van der Waals surface area contributed by atoms with E-state index in [4.69, 9.17) is 14.0 Å². The second-order valence-electron chi connectivity index (χ2n) is 6.67. The number of aldehydes is 1. The third kappa shape index (κ3) is 3.14. The van der Waals surface area contributed by atoms with Gasteiger partial charge in [-0.15, -0.1) is 0 Å². The Morgan fingerprint density at radius 1 is 1.14 bits per heavy atom. The van der Waals surface area contributed by atoms with E-state index in [-0.39, 0.29) is 6.10 Å². The first-order valence-corrected chi connectivity index (χ1v) is 7.28. The summed E-state index contributed by atoms with van der Waals surface area (Å²) in [5.41, 5.74) is 0.542. The molecule has 1 aliphatic heterocycles.